The summed E-state index contributed by atoms with van der Waals surface area (Å²) in [4.78, 5) is 19.3. The number of aromatic amines is 1. The summed E-state index contributed by atoms with van der Waals surface area (Å²) >= 11 is 3.37. The SMILES string of the molecule is Cc1ccsc1Sc1cnc2[nH]c(N3CCC(C)(N)CC3)nc2n1. The zero-order valence-corrected chi connectivity index (χ0v) is 15.4. The van der Waals surface area contributed by atoms with Crippen LogP contribution in [-0.4, -0.2) is 38.6 Å². The van der Waals surface area contributed by atoms with E-state index >= 15 is 0 Å². The van der Waals surface area contributed by atoms with Crippen molar-refractivity contribution in [2.45, 2.75) is 41.5 Å². The molecule has 4 rings (SSSR count). The minimum absolute atomic E-state index is 0.0681. The van der Waals surface area contributed by atoms with E-state index < -0.39 is 0 Å². The van der Waals surface area contributed by atoms with E-state index in [1.165, 1.54) is 9.77 Å². The molecular weight excluding hydrogens is 340 g/mol. The number of nitrogens with one attached hydrogen (secondary N) is 1. The van der Waals surface area contributed by atoms with Gasteiger partial charge in [0.05, 0.1) is 10.4 Å². The molecule has 1 aliphatic heterocycles. The van der Waals surface area contributed by atoms with E-state index in [2.05, 4.69) is 50.1 Å². The smallest absolute Gasteiger partial charge is 0.206 e. The summed E-state index contributed by atoms with van der Waals surface area (Å²) in [6, 6.07) is 2.12. The average molecular weight is 361 g/mol. The normalized spacial score (nSPS) is 17.5. The molecule has 1 fully saturated rings. The quantitative estimate of drug-likeness (QED) is 0.746. The van der Waals surface area contributed by atoms with E-state index in [9.17, 15) is 0 Å². The lowest BCUT2D eigenvalue weighted by Gasteiger charge is -2.36. The number of anilines is 1. The number of fused-ring (bicyclic) bond motifs is 1. The van der Waals surface area contributed by atoms with Crippen LogP contribution in [0, 0.1) is 6.92 Å². The van der Waals surface area contributed by atoms with Crippen molar-refractivity contribution in [1.82, 2.24) is 19.9 Å². The van der Waals surface area contributed by atoms with Crippen molar-refractivity contribution in [1.29, 1.82) is 0 Å². The third-order valence-electron chi connectivity index (χ3n) is 4.39. The molecule has 3 aromatic rings. The monoisotopic (exact) mass is 360 g/mol. The van der Waals surface area contributed by atoms with Crippen LogP contribution in [0.1, 0.15) is 25.3 Å². The van der Waals surface area contributed by atoms with Gasteiger partial charge in [0.15, 0.2) is 11.3 Å². The van der Waals surface area contributed by atoms with Crippen molar-refractivity contribution < 1.29 is 0 Å². The average Bonchev–Trinajstić information content (AvgIpc) is 3.13. The zero-order chi connectivity index (χ0) is 16.7. The van der Waals surface area contributed by atoms with Crippen LogP contribution in [0.15, 0.2) is 26.9 Å². The van der Waals surface area contributed by atoms with Gasteiger partial charge in [-0.05, 0) is 43.7 Å². The first-order chi connectivity index (χ1) is 11.5. The van der Waals surface area contributed by atoms with Crippen LogP contribution in [0.4, 0.5) is 5.95 Å². The predicted molar refractivity (Wildman–Crippen MR) is 98.9 cm³/mol. The fraction of sp³-hybridized carbons (Fsp3) is 0.438. The summed E-state index contributed by atoms with van der Waals surface area (Å²) in [5.41, 5.74) is 8.82. The maximum atomic E-state index is 6.21. The number of imidazole rings is 1. The highest BCUT2D eigenvalue weighted by Gasteiger charge is 2.27. The second-order valence-corrected chi connectivity index (χ2v) is 8.78. The van der Waals surface area contributed by atoms with Crippen LogP contribution in [0.2, 0.25) is 0 Å². The van der Waals surface area contributed by atoms with Gasteiger partial charge < -0.3 is 15.6 Å². The Bertz CT molecular complexity index is 858. The van der Waals surface area contributed by atoms with Gasteiger partial charge in [0.1, 0.15) is 5.03 Å². The fourth-order valence-corrected chi connectivity index (χ4v) is 4.67. The molecule has 0 aliphatic carbocycles. The largest absolute Gasteiger partial charge is 0.342 e. The molecule has 0 unspecified atom stereocenters. The van der Waals surface area contributed by atoms with Gasteiger partial charge in [-0.25, -0.2) is 9.97 Å². The Morgan fingerprint density at radius 2 is 2.12 bits per heavy atom. The van der Waals surface area contributed by atoms with Gasteiger partial charge in [-0.1, -0.05) is 11.8 Å². The van der Waals surface area contributed by atoms with Crippen molar-refractivity contribution >= 4 is 40.3 Å². The molecule has 0 bridgehead atoms. The number of H-pyrrole nitrogens is 1. The van der Waals surface area contributed by atoms with E-state index in [-0.39, 0.29) is 5.54 Å². The number of aryl methyl sites for hydroxylation is 1. The van der Waals surface area contributed by atoms with Crippen LogP contribution in [0.25, 0.3) is 11.3 Å². The molecule has 0 radical (unpaired) electrons. The number of thiophene rings is 1. The van der Waals surface area contributed by atoms with Gasteiger partial charge in [0.25, 0.3) is 0 Å². The maximum Gasteiger partial charge on any atom is 0.206 e. The van der Waals surface area contributed by atoms with Crippen molar-refractivity contribution in [2.75, 3.05) is 18.0 Å². The van der Waals surface area contributed by atoms with Gasteiger partial charge in [-0.15, -0.1) is 11.3 Å². The third kappa shape index (κ3) is 3.13. The van der Waals surface area contributed by atoms with Crippen molar-refractivity contribution in [3.63, 3.8) is 0 Å². The molecule has 0 spiro atoms. The summed E-state index contributed by atoms with van der Waals surface area (Å²) in [5, 5.41) is 2.97. The van der Waals surface area contributed by atoms with Gasteiger partial charge in [0.2, 0.25) is 5.95 Å². The number of aromatic nitrogens is 4. The van der Waals surface area contributed by atoms with Gasteiger partial charge in [-0.2, -0.15) is 4.98 Å². The number of nitrogens with zero attached hydrogens (tertiary/aromatic N) is 4. The zero-order valence-electron chi connectivity index (χ0n) is 13.7. The molecule has 3 aromatic heterocycles. The summed E-state index contributed by atoms with van der Waals surface area (Å²) < 4.78 is 1.25. The molecule has 0 aromatic carbocycles. The van der Waals surface area contributed by atoms with E-state index in [1.807, 2.05) is 0 Å². The molecule has 3 N–H and O–H groups in total. The fourth-order valence-electron chi connectivity index (χ4n) is 2.75. The number of hydrogen-bond donors (Lipinski definition) is 2. The van der Waals surface area contributed by atoms with Gasteiger partial charge in [0, 0.05) is 18.6 Å². The molecule has 4 heterocycles. The van der Waals surface area contributed by atoms with E-state index in [4.69, 9.17) is 5.73 Å². The Labute approximate surface area is 148 Å². The molecule has 24 heavy (non-hydrogen) atoms. The highest BCUT2D eigenvalue weighted by Crippen LogP contribution is 2.33. The van der Waals surface area contributed by atoms with Gasteiger partial charge in [-0.3, -0.25) is 0 Å². The molecule has 0 saturated carbocycles. The van der Waals surface area contributed by atoms with E-state index in [0.717, 1.165) is 42.6 Å². The van der Waals surface area contributed by atoms with Crippen LogP contribution in [0.5, 0.6) is 0 Å². The minimum Gasteiger partial charge on any atom is -0.342 e. The van der Waals surface area contributed by atoms with E-state index in [1.54, 1.807) is 29.3 Å². The number of piperidine rings is 1. The highest BCUT2D eigenvalue weighted by atomic mass is 32.2. The Balaban J connectivity index is 1.56. The highest BCUT2D eigenvalue weighted by molar-refractivity contribution is 8.01. The first-order valence-electron chi connectivity index (χ1n) is 7.99. The number of nitrogens with two attached hydrogens (primary N) is 1. The lowest BCUT2D eigenvalue weighted by molar-refractivity contribution is 0.362. The Morgan fingerprint density at radius 3 is 2.83 bits per heavy atom. The Kier molecular flexibility index (Phi) is 3.98. The first kappa shape index (κ1) is 15.9. The molecule has 0 amide bonds. The molecule has 1 aliphatic rings. The van der Waals surface area contributed by atoms with Crippen LogP contribution >= 0.6 is 23.1 Å². The Hall–Kier alpha value is -1.64. The molecular formula is C16H20N6S2. The summed E-state index contributed by atoms with van der Waals surface area (Å²) in [5.74, 6) is 0.843. The molecule has 126 valence electrons. The minimum atomic E-state index is -0.0681. The lowest BCUT2D eigenvalue weighted by atomic mass is 9.91. The molecule has 1 saturated heterocycles. The summed E-state index contributed by atoms with van der Waals surface area (Å²) in [6.07, 6.45) is 3.73. The van der Waals surface area contributed by atoms with Gasteiger partial charge >= 0.3 is 0 Å². The maximum absolute atomic E-state index is 6.21. The summed E-state index contributed by atoms with van der Waals surface area (Å²) in [7, 11) is 0. The Morgan fingerprint density at radius 1 is 1.33 bits per heavy atom. The van der Waals surface area contributed by atoms with Crippen molar-refractivity contribution in [3.8, 4) is 0 Å². The predicted octanol–water partition coefficient (Wildman–Crippen LogP) is 3.19. The second-order valence-electron chi connectivity index (χ2n) is 6.58. The number of rotatable bonds is 3. The molecule has 6 nitrogen and oxygen atoms in total. The van der Waals surface area contributed by atoms with Crippen LogP contribution < -0.4 is 10.6 Å². The molecule has 0 atom stereocenters. The summed E-state index contributed by atoms with van der Waals surface area (Å²) in [6.45, 7) is 6.03. The van der Waals surface area contributed by atoms with Crippen LogP contribution in [-0.2, 0) is 0 Å². The standard InChI is InChI=1S/C16H20N6S2/c1-10-3-8-23-14(10)24-11-9-18-12-13(19-11)21-15(20-12)22-6-4-16(2,17)5-7-22/h3,8-9H,4-7,17H2,1-2H3,(H,18,19,20,21). The first-order valence-corrected chi connectivity index (χ1v) is 9.68. The van der Waals surface area contributed by atoms with Crippen molar-refractivity contribution in [2.24, 2.45) is 5.73 Å². The topological polar surface area (TPSA) is 83.7 Å². The third-order valence-corrected chi connectivity index (χ3v) is 6.65. The van der Waals surface area contributed by atoms with E-state index in [0.29, 0.717) is 5.65 Å². The number of hydrogen-bond acceptors (Lipinski definition) is 7. The van der Waals surface area contributed by atoms with Crippen molar-refractivity contribution in [3.05, 3.63) is 23.2 Å². The molecule has 8 heteroatoms. The second kappa shape index (κ2) is 6.02. The lowest BCUT2D eigenvalue weighted by Crippen LogP contribution is -2.48. The van der Waals surface area contributed by atoms with Crippen LogP contribution in [0.3, 0.4) is 0 Å².